The first-order chi connectivity index (χ1) is 15.1. The topological polar surface area (TPSA) is 65.5 Å². The minimum atomic E-state index is -4.59. The summed E-state index contributed by atoms with van der Waals surface area (Å²) < 4.78 is 39.8. The highest BCUT2D eigenvalue weighted by molar-refractivity contribution is 5.96. The van der Waals surface area contributed by atoms with Crippen molar-refractivity contribution in [2.24, 2.45) is 5.92 Å². The lowest BCUT2D eigenvalue weighted by Gasteiger charge is -2.35. The fourth-order valence-electron chi connectivity index (χ4n) is 3.52. The van der Waals surface area contributed by atoms with Gasteiger partial charge < -0.3 is 15.1 Å². The number of pyridine rings is 1. The molecule has 1 aliphatic rings. The number of amides is 2. The maximum absolute atomic E-state index is 13.3. The number of nitrogens with one attached hydrogen (secondary N) is 1. The van der Waals surface area contributed by atoms with Crippen molar-refractivity contribution < 1.29 is 22.8 Å². The van der Waals surface area contributed by atoms with Crippen molar-refractivity contribution in [2.45, 2.75) is 32.9 Å². The summed E-state index contributed by atoms with van der Waals surface area (Å²) in [5.41, 5.74) is -1.26. The lowest BCUT2D eigenvalue weighted by Crippen LogP contribution is -2.49. The van der Waals surface area contributed by atoms with Crippen molar-refractivity contribution in [1.82, 2.24) is 9.88 Å². The highest BCUT2D eigenvalue weighted by Crippen LogP contribution is 2.32. The van der Waals surface area contributed by atoms with Crippen molar-refractivity contribution in [1.29, 1.82) is 0 Å². The molecule has 3 rings (SSSR count). The van der Waals surface area contributed by atoms with E-state index >= 15 is 0 Å². The van der Waals surface area contributed by atoms with E-state index in [0.717, 1.165) is 12.5 Å². The van der Waals surface area contributed by atoms with Crippen LogP contribution >= 0.6 is 0 Å². The Labute approximate surface area is 185 Å². The van der Waals surface area contributed by atoms with E-state index in [1.54, 1.807) is 18.2 Å². The van der Waals surface area contributed by atoms with Crippen LogP contribution < -0.4 is 10.2 Å². The second-order valence-corrected chi connectivity index (χ2v) is 8.18. The van der Waals surface area contributed by atoms with Gasteiger partial charge in [-0.05, 0) is 36.6 Å². The molecule has 0 saturated carbocycles. The van der Waals surface area contributed by atoms with Gasteiger partial charge in [0.05, 0.1) is 11.1 Å². The van der Waals surface area contributed by atoms with Gasteiger partial charge in [0, 0.05) is 32.6 Å². The van der Waals surface area contributed by atoms with E-state index in [1.165, 1.54) is 23.1 Å². The maximum atomic E-state index is 13.3. The van der Waals surface area contributed by atoms with Gasteiger partial charge >= 0.3 is 6.18 Å². The molecule has 2 aromatic rings. The lowest BCUT2D eigenvalue weighted by atomic mass is 10.1. The highest BCUT2D eigenvalue weighted by Gasteiger charge is 2.36. The minimum absolute atomic E-state index is 0.0953. The molecular formula is C23H27F3N4O2. The number of rotatable bonds is 6. The number of nitrogens with zero attached hydrogens (tertiary/aromatic N) is 3. The van der Waals surface area contributed by atoms with Crippen LogP contribution in [0, 0.1) is 5.92 Å². The number of hydrogen-bond acceptors (Lipinski definition) is 4. The molecule has 2 amide bonds. The molecule has 0 unspecified atom stereocenters. The third-order valence-electron chi connectivity index (χ3n) is 5.30. The Kier molecular flexibility index (Phi) is 7.37. The maximum Gasteiger partial charge on any atom is 0.417 e. The van der Waals surface area contributed by atoms with Gasteiger partial charge in [0.1, 0.15) is 11.6 Å². The van der Waals surface area contributed by atoms with E-state index in [2.05, 4.69) is 24.1 Å². The van der Waals surface area contributed by atoms with Crippen LogP contribution in [-0.2, 0) is 11.0 Å². The third-order valence-corrected chi connectivity index (χ3v) is 5.30. The average Bonchev–Trinajstić information content (AvgIpc) is 2.77. The Morgan fingerprint density at radius 3 is 2.38 bits per heavy atom. The molecule has 1 saturated heterocycles. The van der Waals surface area contributed by atoms with Crippen LogP contribution in [0.4, 0.5) is 24.8 Å². The molecule has 0 atom stereocenters. The van der Waals surface area contributed by atoms with Crippen molar-refractivity contribution in [3.05, 3.63) is 53.6 Å². The fourth-order valence-corrected chi connectivity index (χ4v) is 3.52. The molecule has 0 radical (unpaired) electrons. The molecule has 2 heterocycles. The zero-order chi connectivity index (χ0) is 23.3. The van der Waals surface area contributed by atoms with E-state index in [9.17, 15) is 22.8 Å². The van der Waals surface area contributed by atoms with Crippen LogP contribution in [0.15, 0.2) is 42.5 Å². The van der Waals surface area contributed by atoms with Gasteiger partial charge in [0.25, 0.3) is 5.91 Å². The monoisotopic (exact) mass is 448 g/mol. The Morgan fingerprint density at radius 2 is 1.72 bits per heavy atom. The first kappa shape index (κ1) is 23.6. The van der Waals surface area contributed by atoms with Crippen LogP contribution in [0.2, 0.25) is 0 Å². The SMILES string of the molecule is CC(C)CCC(=O)Nc1cccc(N2CCN(C(=O)c3ccccc3C(F)(F)F)CC2)n1. The number of hydrogen-bond donors (Lipinski definition) is 1. The van der Waals surface area contributed by atoms with Crippen LogP contribution in [0.5, 0.6) is 0 Å². The van der Waals surface area contributed by atoms with Crippen molar-refractivity contribution in [3.63, 3.8) is 0 Å². The molecule has 1 fully saturated rings. The molecule has 32 heavy (non-hydrogen) atoms. The predicted octanol–water partition coefficient (Wildman–Crippen LogP) is 4.44. The quantitative estimate of drug-likeness (QED) is 0.710. The molecular weight excluding hydrogens is 421 g/mol. The lowest BCUT2D eigenvalue weighted by molar-refractivity contribution is -0.138. The fraction of sp³-hybridized carbons (Fsp3) is 0.435. The average molecular weight is 448 g/mol. The number of carbonyl (C=O) groups excluding carboxylic acids is 2. The molecule has 1 N–H and O–H groups in total. The Bertz CT molecular complexity index is 954. The number of benzene rings is 1. The van der Waals surface area contributed by atoms with E-state index < -0.39 is 17.6 Å². The summed E-state index contributed by atoms with van der Waals surface area (Å²) in [6, 6.07) is 10.2. The van der Waals surface area contributed by atoms with Crippen LogP contribution in [0.1, 0.15) is 42.6 Å². The summed E-state index contributed by atoms with van der Waals surface area (Å²) in [5.74, 6) is 0.810. The van der Waals surface area contributed by atoms with Gasteiger partial charge in [-0.25, -0.2) is 4.98 Å². The first-order valence-electron chi connectivity index (χ1n) is 10.6. The summed E-state index contributed by atoms with van der Waals surface area (Å²) in [7, 11) is 0. The Morgan fingerprint density at radius 1 is 1.03 bits per heavy atom. The molecule has 9 heteroatoms. The Balaban J connectivity index is 1.62. The summed E-state index contributed by atoms with van der Waals surface area (Å²) in [6.07, 6.45) is -3.37. The molecule has 0 aliphatic carbocycles. The molecule has 1 aliphatic heterocycles. The zero-order valence-electron chi connectivity index (χ0n) is 18.2. The highest BCUT2D eigenvalue weighted by atomic mass is 19.4. The minimum Gasteiger partial charge on any atom is -0.353 e. The van der Waals surface area contributed by atoms with Gasteiger partial charge in [0.2, 0.25) is 5.91 Å². The predicted molar refractivity (Wildman–Crippen MR) is 116 cm³/mol. The number of piperazine rings is 1. The van der Waals surface area contributed by atoms with Crippen molar-refractivity contribution >= 4 is 23.5 Å². The Hall–Kier alpha value is -3.10. The van der Waals surface area contributed by atoms with Gasteiger partial charge in [-0.2, -0.15) is 13.2 Å². The van der Waals surface area contributed by atoms with Crippen LogP contribution in [-0.4, -0.2) is 47.9 Å². The second kappa shape index (κ2) is 10.0. The number of halogens is 3. The van der Waals surface area contributed by atoms with E-state index in [-0.39, 0.29) is 24.6 Å². The second-order valence-electron chi connectivity index (χ2n) is 8.18. The number of aromatic nitrogens is 1. The first-order valence-corrected chi connectivity index (χ1v) is 10.6. The molecule has 0 bridgehead atoms. The number of anilines is 2. The molecule has 1 aromatic carbocycles. The summed E-state index contributed by atoms with van der Waals surface area (Å²) in [6.45, 7) is 5.52. The largest absolute Gasteiger partial charge is 0.417 e. The van der Waals surface area contributed by atoms with E-state index in [1.807, 2.05) is 4.90 Å². The zero-order valence-corrected chi connectivity index (χ0v) is 18.2. The summed E-state index contributed by atoms with van der Waals surface area (Å²) in [4.78, 5) is 32.7. The molecule has 172 valence electrons. The molecule has 6 nitrogen and oxygen atoms in total. The third kappa shape index (κ3) is 5.99. The standard InChI is InChI=1S/C23H27F3N4O2/c1-16(2)10-11-21(31)28-19-8-5-9-20(27-19)29-12-14-30(15-13-29)22(32)17-6-3-4-7-18(17)23(24,25)26/h3-9,16H,10-15H2,1-2H3,(H,27,28,31). The molecule has 0 spiro atoms. The van der Waals surface area contributed by atoms with Crippen molar-refractivity contribution in [2.75, 3.05) is 36.4 Å². The van der Waals surface area contributed by atoms with E-state index in [0.29, 0.717) is 37.1 Å². The van der Waals surface area contributed by atoms with Gasteiger partial charge in [-0.15, -0.1) is 0 Å². The summed E-state index contributed by atoms with van der Waals surface area (Å²) >= 11 is 0. The smallest absolute Gasteiger partial charge is 0.353 e. The normalized spacial score (nSPS) is 14.6. The summed E-state index contributed by atoms with van der Waals surface area (Å²) in [5, 5.41) is 2.80. The number of carbonyl (C=O) groups is 2. The van der Waals surface area contributed by atoms with Crippen molar-refractivity contribution in [3.8, 4) is 0 Å². The van der Waals surface area contributed by atoms with Gasteiger partial charge in [-0.1, -0.05) is 32.0 Å². The van der Waals surface area contributed by atoms with Crippen LogP contribution in [0.25, 0.3) is 0 Å². The van der Waals surface area contributed by atoms with E-state index in [4.69, 9.17) is 0 Å². The number of alkyl halides is 3. The van der Waals surface area contributed by atoms with Crippen LogP contribution in [0.3, 0.4) is 0 Å². The van der Waals surface area contributed by atoms with Gasteiger partial charge in [0.15, 0.2) is 0 Å². The molecule has 1 aromatic heterocycles. The van der Waals surface area contributed by atoms with Gasteiger partial charge in [-0.3, -0.25) is 9.59 Å².